The highest BCUT2D eigenvalue weighted by molar-refractivity contribution is 8.01. The van der Waals surface area contributed by atoms with Crippen molar-refractivity contribution in [1.82, 2.24) is 15.1 Å². The molecular formula is C22H24N4O3S2. The molecule has 2 aromatic carbocycles. The Morgan fingerprint density at radius 3 is 2.68 bits per heavy atom. The van der Waals surface area contributed by atoms with Gasteiger partial charge in [-0.05, 0) is 24.6 Å². The maximum Gasteiger partial charge on any atom is 0.240 e. The maximum atomic E-state index is 13.3. The van der Waals surface area contributed by atoms with E-state index in [1.54, 1.807) is 0 Å². The molecule has 1 amide bonds. The maximum absolute atomic E-state index is 13.3. The van der Waals surface area contributed by atoms with E-state index in [4.69, 9.17) is 9.47 Å². The third-order valence-corrected chi connectivity index (χ3v) is 6.87. The van der Waals surface area contributed by atoms with Crippen LogP contribution in [0.4, 0.5) is 10.8 Å². The van der Waals surface area contributed by atoms with Crippen LogP contribution in [0, 0.1) is 0 Å². The molecule has 1 fully saturated rings. The summed E-state index contributed by atoms with van der Waals surface area (Å²) in [6.07, 6.45) is 0. The molecule has 1 aliphatic rings. The van der Waals surface area contributed by atoms with Crippen LogP contribution < -0.4 is 10.1 Å². The van der Waals surface area contributed by atoms with Gasteiger partial charge in [0.05, 0.1) is 25.5 Å². The number of nitrogens with zero attached hydrogens (tertiary/aromatic N) is 3. The summed E-state index contributed by atoms with van der Waals surface area (Å²) < 4.78 is 11.8. The molecule has 162 valence electrons. The minimum absolute atomic E-state index is 0.0749. The first kappa shape index (κ1) is 21.6. The molecule has 31 heavy (non-hydrogen) atoms. The fourth-order valence-electron chi connectivity index (χ4n) is 3.21. The first-order chi connectivity index (χ1) is 15.2. The number of benzene rings is 2. The average Bonchev–Trinajstić information content (AvgIpc) is 3.26. The van der Waals surface area contributed by atoms with Crippen molar-refractivity contribution in [3.63, 3.8) is 0 Å². The number of hydrogen-bond acceptors (Lipinski definition) is 8. The number of ether oxygens (including phenoxy) is 2. The molecule has 0 saturated carbocycles. The van der Waals surface area contributed by atoms with Gasteiger partial charge in [0.15, 0.2) is 4.34 Å². The summed E-state index contributed by atoms with van der Waals surface area (Å²) >= 11 is 2.85. The molecule has 1 N–H and O–H groups in total. The van der Waals surface area contributed by atoms with Gasteiger partial charge in [0.2, 0.25) is 11.0 Å². The summed E-state index contributed by atoms with van der Waals surface area (Å²) in [7, 11) is 0. The van der Waals surface area contributed by atoms with Crippen LogP contribution in [-0.4, -0.2) is 53.9 Å². The topological polar surface area (TPSA) is 76.6 Å². The number of thioether (sulfide) groups is 1. The molecule has 1 atom stereocenters. The van der Waals surface area contributed by atoms with Crippen LogP contribution >= 0.6 is 23.1 Å². The van der Waals surface area contributed by atoms with E-state index in [0.29, 0.717) is 38.0 Å². The quantitative estimate of drug-likeness (QED) is 0.504. The van der Waals surface area contributed by atoms with Crippen LogP contribution in [0.15, 0.2) is 58.9 Å². The van der Waals surface area contributed by atoms with Gasteiger partial charge in [-0.25, -0.2) is 0 Å². The molecule has 2 heterocycles. The second kappa shape index (κ2) is 10.6. The second-order valence-electron chi connectivity index (χ2n) is 6.77. The van der Waals surface area contributed by atoms with Gasteiger partial charge >= 0.3 is 0 Å². The SMILES string of the molecule is CCOc1ccccc1Nc1nnc(S[C@@H](C(=O)N2CCOCC2)c2ccccc2)s1. The van der Waals surface area contributed by atoms with Crippen LogP contribution in [-0.2, 0) is 9.53 Å². The van der Waals surface area contributed by atoms with Gasteiger partial charge in [0.1, 0.15) is 11.0 Å². The lowest BCUT2D eigenvalue weighted by Gasteiger charge is -2.30. The standard InChI is InChI=1S/C22H24N4O3S2/c1-2-29-18-11-7-6-10-17(18)23-21-24-25-22(31-21)30-19(16-8-4-3-5-9-16)20(27)26-12-14-28-15-13-26/h3-11,19H,2,12-15H2,1H3,(H,23,24)/t19-/m1/s1. The summed E-state index contributed by atoms with van der Waals surface area (Å²) in [6.45, 7) is 4.90. The number of morpholine rings is 1. The first-order valence-electron chi connectivity index (χ1n) is 10.1. The largest absolute Gasteiger partial charge is 0.492 e. The van der Waals surface area contributed by atoms with Gasteiger partial charge in [0.25, 0.3) is 0 Å². The molecular weight excluding hydrogens is 432 g/mol. The Kier molecular flexibility index (Phi) is 7.39. The summed E-state index contributed by atoms with van der Waals surface area (Å²) in [6, 6.07) is 17.5. The van der Waals surface area contributed by atoms with Crippen molar-refractivity contribution < 1.29 is 14.3 Å². The Labute approximate surface area is 189 Å². The minimum Gasteiger partial charge on any atom is -0.492 e. The molecule has 1 saturated heterocycles. The van der Waals surface area contributed by atoms with Gasteiger partial charge in [-0.1, -0.05) is 65.6 Å². The van der Waals surface area contributed by atoms with Crippen molar-refractivity contribution in [3.8, 4) is 5.75 Å². The molecule has 0 bridgehead atoms. The lowest BCUT2D eigenvalue weighted by Crippen LogP contribution is -2.42. The lowest BCUT2D eigenvalue weighted by atomic mass is 10.1. The molecule has 0 spiro atoms. The highest BCUT2D eigenvalue weighted by atomic mass is 32.2. The zero-order valence-corrected chi connectivity index (χ0v) is 18.8. The molecule has 1 aliphatic heterocycles. The number of amides is 1. The zero-order chi connectivity index (χ0) is 21.5. The predicted molar refractivity (Wildman–Crippen MR) is 123 cm³/mol. The number of para-hydroxylation sites is 2. The third kappa shape index (κ3) is 5.55. The molecule has 0 unspecified atom stereocenters. The van der Waals surface area contributed by atoms with Gasteiger partial charge in [-0.2, -0.15) is 0 Å². The second-order valence-corrected chi connectivity index (χ2v) is 9.10. The van der Waals surface area contributed by atoms with Gasteiger partial charge < -0.3 is 19.7 Å². The predicted octanol–water partition coefficient (Wildman–Crippen LogP) is 4.37. The molecule has 1 aromatic heterocycles. The third-order valence-electron chi connectivity index (χ3n) is 4.70. The molecule has 4 rings (SSSR count). The molecule has 7 nitrogen and oxygen atoms in total. The first-order valence-corrected chi connectivity index (χ1v) is 11.8. The van der Waals surface area contributed by atoms with E-state index in [0.717, 1.165) is 21.3 Å². The van der Waals surface area contributed by atoms with E-state index in [1.807, 2.05) is 66.4 Å². The fourth-order valence-corrected chi connectivity index (χ4v) is 5.25. The van der Waals surface area contributed by atoms with E-state index >= 15 is 0 Å². The Bertz CT molecular complexity index is 993. The van der Waals surface area contributed by atoms with Gasteiger partial charge in [-0.15, -0.1) is 10.2 Å². The Morgan fingerprint density at radius 2 is 1.90 bits per heavy atom. The van der Waals surface area contributed by atoms with E-state index in [9.17, 15) is 4.79 Å². The van der Waals surface area contributed by atoms with E-state index in [-0.39, 0.29) is 11.2 Å². The molecule has 9 heteroatoms. The van der Waals surface area contributed by atoms with Crippen LogP contribution in [0.2, 0.25) is 0 Å². The van der Waals surface area contributed by atoms with Crippen molar-refractivity contribution in [2.45, 2.75) is 16.5 Å². The van der Waals surface area contributed by atoms with Crippen molar-refractivity contribution in [2.75, 3.05) is 38.2 Å². The summed E-state index contributed by atoms with van der Waals surface area (Å²) in [5.74, 6) is 0.838. The van der Waals surface area contributed by atoms with Crippen molar-refractivity contribution in [1.29, 1.82) is 0 Å². The number of anilines is 2. The van der Waals surface area contributed by atoms with E-state index in [1.165, 1.54) is 23.1 Å². The van der Waals surface area contributed by atoms with E-state index < -0.39 is 0 Å². The van der Waals surface area contributed by atoms with Crippen LogP contribution in [0.5, 0.6) is 5.75 Å². The average molecular weight is 457 g/mol. The Morgan fingerprint density at radius 1 is 1.16 bits per heavy atom. The van der Waals surface area contributed by atoms with Crippen LogP contribution in [0.3, 0.4) is 0 Å². The summed E-state index contributed by atoms with van der Waals surface area (Å²) in [4.78, 5) is 15.2. The smallest absolute Gasteiger partial charge is 0.240 e. The normalized spacial score (nSPS) is 14.8. The van der Waals surface area contributed by atoms with Crippen molar-refractivity contribution in [2.24, 2.45) is 0 Å². The minimum atomic E-state index is -0.379. The lowest BCUT2D eigenvalue weighted by molar-refractivity contribution is -0.134. The summed E-state index contributed by atoms with van der Waals surface area (Å²) in [5, 5.41) is 12.1. The number of aromatic nitrogens is 2. The Balaban J connectivity index is 1.51. The molecule has 3 aromatic rings. The highest BCUT2D eigenvalue weighted by Crippen LogP contribution is 2.40. The van der Waals surface area contributed by atoms with E-state index in [2.05, 4.69) is 15.5 Å². The number of rotatable bonds is 8. The summed E-state index contributed by atoms with van der Waals surface area (Å²) in [5.41, 5.74) is 1.79. The zero-order valence-electron chi connectivity index (χ0n) is 17.2. The van der Waals surface area contributed by atoms with Gasteiger partial charge in [-0.3, -0.25) is 4.79 Å². The molecule has 0 radical (unpaired) electrons. The monoisotopic (exact) mass is 456 g/mol. The number of carbonyl (C=O) groups is 1. The van der Waals surface area contributed by atoms with Crippen LogP contribution in [0.25, 0.3) is 0 Å². The fraction of sp³-hybridized carbons (Fsp3) is 0.318. The number of nitrogens with one attached hydrogen (secondary N) is 1. The Hall–Kier alpha value is -2.62. The van der Waals surface area contributed by atoms with Crippen LogP contribution in [0.1, 0.15) is 17.7 Å². The molecule has 0 aliphatic carbocycles. The highest BCUT2D eigenvalue weighted by Gasteiger charge is 2.29. The van der Waals surface area contributed by atoms with Crippen molar-refractivity contribution in [3.05, 3.63) is 60.2 Å². The van der Waals surface area contributed by atoms with Crippen molar-refractivity contribution >= 4 is 39.8 Å². The number of hydrogen-bond donors (Lipinski definition) is 1. The van der Waals surface area contributed by atoms with Gasteiger partial charge in [0, 0.05) is 13.1 Å². The number of carbonyl (C=O) groups excluding carboxylic acids is 1.